The Morgan fingerprint density at radius 3 is 2.72 bits per heavy atom. The number of ether oxygens (including phenoxy) is 5. The van der Waals surface area contributed by atoms with Gasteiger partial charge in [0.25, 0.3) is 0 Å². The number of esters is 2. The number of hydrogen-bond acceptors (Lipinski definition) is 12. The van der Waals surface area contributed by atoms with Crippen LogP contribution in [0.4, 0.5) is 0 Å². The minimum absolute atomic E-state index is 0.00685. The Hall–Kier alpha value is -4.43. The fourth-order valence-electron chi connectivity index (χ4n) is 10.5. The van der Waals surface area contributed by atoms with Crippen LogP contribution < -0.4 is 24.3 Å². The Kier molecular flexibility index (Phi) is 7.37. The summed E-state index contributed by atoms with van der Waals surface area (Å²) in [6, 6.07) is 9.33. The number of aromatic nitrogens is 1. The van der Waals surface area contributed by atoms with Crippen molar-refractivity contribution >= 4 is 34.6 Å². The van der Waals surface area contributed by atoms with Crippen molar-refractivity contribution in [3.05, 3.63) is 75.0 Å². The number of piperazine rings is 1. The van der Waals surface area contributed by atoms with Gasteiger partial charge in [0.15, 0.2) is 28.5 Å². The number of phenolic OH excluding ortho intramolecular Hbond substituents is 1. The molecule has 0 saturated carbocycles. The monoisotopic (exact) mass is 738 g/mol. The third kappa shape index (κ3) is 4.48. The predicted molar refractivity (Wildman–Crippen MR) is 197 cm³/mol. The van der Waals surface area contributed by atoms with E-state index in [2.05, 4.69) is 39.3 Å². The molecule has 3 aromatic carbocycles. The van der Waals surface area contributed by atoms with Crippen molar-refractivity contribution in [2.45, 2.75) is 68.6 Å². The Bertz CT molecular complexity index is 2260. The van der Waals surface area contributed by atoms with Crippen molar-refractivity contribution in [3.63, 3.8) is 0 Å². The second-order valence-corrected chi connectivity index (χ2v) is 16.4. The van der Waals surface area contributed by atoms with Gasteiger partial charge in [-0.25, -0.2) is 4.79 Å². The summed E-state index contributed by atoms with van der Waals surface area (Å²) in [6.07, 6.45) is 1.45. The number of fused-ring (bicyclic) bond motifs is 8. The van der Waals surface area contributed by atoms with E-state index >= 15 is 0 Å². The van der Waals surface area contributed by atoms with E-state index in [1.807, 2.05) is 32.0 Å². The van der Waals surface area contributed by atoms with Crippen molar-refractivity contribution < 1.29 is 38.4 Å². The largest absolute Gasteiger partial charge is 0.504 e. The predicted octanol–water partition coefficient (Wildman–Crippen LogP) is 4.86. The molecule has 2 fully saturated rings. The van der Waals surface area contributed by atoms with Crippen molar-refractivity contribution in [1.29, 1.82) is 0 Å². The van der Waals surface area contributed by atoms with Crippen LogP contribution >= 0.6 is 11.8 Å². The van der Waals surface area contributed by atoms with Gasteiger partial charge < -0.3 is 33.8 Å². The quantitative estimate of drug-likeness (QED) is 0.192. The SMILES string of the molecule is COc1c(C)cc2c(c1O)C1C3[C@@H]4SC[C@]5(NCCc6c5[nH]c5ccccc65)C(=O)OC[C@@H](c5c6c(c(C)c(OC(C)=O)c54)OCO6)N3[C@H](C2)CN1C. The number of nitrogens with one attached hydrogen (secondary N) is 2. The molecule has 9 heterocycles. The van der Waals surface area contributed by atoms with E-state index in [0.717, 1.165) is 62.9 Å². The molecule has 3 N–H and O–H groups in total. The molecule has 8 aliphatic rings. The van der Waals surface area contributed by atoms with E-state index in [-0.39, 0.29) is 48.5 Å². The first-order chi connectivity index (χ1) is 25.6. The van der Waals surface area contributed by atoms with Gasteiger partial charge in [-0.05, 0) is 56.5 Å². The first-order valence-electron chi connectivity index (χ1n) is 18.3. The zero-order valence-corrected chi connectivity index (χ0v) is 31.1. The van der Waals surface area contributed by atoms with Crippen LogP contribution in [0.5, 0.6) is 28.7 Å². The number of thioether (sulfide) groups is 1. The van der Waals surface area contributed by atoms with Crippen LogP contribution in [-0.2, 0) is 32.7 Å². The summed E-state index contributed by atoms with van der Waals surface area (Å²) < 4.78 is 30.9. The molecule has 8 aliphatic heterocycles. The normalized spacial score (nSPS) is 29.6. The fourth-order valence-corrected chi connectivity index (χ4v) is 12.1. The van der Waals surface area contributed by atoms with Crippen LogP contribution in [0.2, 0.25) is 0 Å². The molecule has 13 heteroatoms. The van der Waals surface area contributed by atoms with Crippen molar-refractivity contribution in [1.82, 2.24) is 20.1 Å². The number of para-hydroxylation sites is 1. The number of benzene rings is 3. The smallest absolute Gasteiger partial charge is 0.333 e. The van der Waals surface area contributed by atoms with E-state index in [9.17, 15) is 14.7 Å². The third-order valence-electron chi connectivity index (χ3n) is 12.4. The van der Waals surface area contributed by atoms with Gasteiger partial charge >= 0.3 is 11.9 Å². The highest BCUT2D eigenvalue weighted by Crippen LogP contribution is 2.64. The standard InChI is InChI=1S/C40H42N4O8S/c1-18-12-21-13-22-14-43(4)30(27(21)32(46)33(18)48-5)31-37-29-28(36-35(50-17-51-36)19(2)34(29)52-20(3)45)26(44(22)31)15-49-39(47)40(16-53-37)38-24(10-11-41-40)23-8-6-7-9-25(23)42-38/h6-9,12,22,26,30-31,37,41-42,46H,10-11,13-17H2,1-5H3/t22-,26+,30?,31?,37-,40-/m1/s1. The number of hydrogen-bond donors (Lipinski definition) is 3. The van der Waals surface area contributed by atoms with Crippen molar-refractivity contribution in [2.75, 3.05) is 46.4 Å². The minimum atomic E-state index is -1.16. The topological polar surface area (TPSA) is 135 Å². The Morgan fingerprint density at radius 2 is 1.91 bits per heavy atom. The van der Waals surface area contributed by atoms with Crippen LogP contribution in [0.1, 0.15) is 68.9 Å². The van der Waals surface area contributed by atoms with E-state index in [1.165, 1.54) is 6.92 Å². The molecule has 0 radical (unpaired) electrons. The minimum Gasteiger partial charge on any atom is -0.504 e. The maximum absolute atomic E-state index is 14.8. The highest BCUT2D eigenvalue weighted by atomic mass is 32.2. The number of nitrogens with zero attached hydrogens (tertiary/aromatic N) is 2. The lowest BCUT2D eigenvalue weighted by Crippen LogP contribution is -2.64. The number of H-pyrrole nitrogens is 1. The van der Waals surface area contributed by atoms with Gasteiger partial charge in [0, 0.05) is 71.0 Å². The summed E-state index contributed by atoms with van der Waals surface area (Å²) in [5.41, 5.74) is 6.93. The van der Waals surface area contributed by atoms with E-state index in [4.69, 9.17) is 23.7 Å². The Balaban J connectivity index is 1.24. The lowest BCUT2D eigenvalue weighted by Gasteiger charge is -2.58. The van der Waals surface area contributed by atoms with Gasteiger partial charge in [-0.2, -0.15) is 0 Å². The van der Waals surface area contributed by atoms with Crippen LogP contribution in [-0.4, -0.2) is 90.3 Å². The number of likely N-dealkylation sites (N-methyl/N-ethyl adjacent to an activating group) is 1. The summed E-state index contributed by atoms with van der Waals surface area (Å²) in [6.45, 7) is 6.68. The molecule has 53 heavy (non-hydrogen) atoms. The maximum Gasteiger partial charge on any atom is 0.333 e. The number of aryl methyl sites for hydroxylation is 1. The molecule has 276 valence electrons. The van der Waals surface area contributed by atoms with Gasteiger partial charge in [0.1, 0.15) is 12.4 Å². The first kappa shape index (κ1) is 33.2. The molecule has 7 atom stereocenters. The summed E-state index contributed by atoms with van der Waals surface area (Å²) in [7, 11) is 3.71. The number of aromatic amines is 1. The molecule has 12 rings (SSSR count). The average Bonchev–Trinajstić information content (AvgIpc) is 3.72. The zero-order valence-electron chi connectivity index (χ0n) is 30.3. The van der Waals surface area contributed by atoms with Gasteiger partial charge in [-0.3, -0.25) is 19.9 Å². The van der Waals surface area contributed by atoms with E-state index in [1.54, 1.807) is 18.9 Å². The molecule has 3 unspecified atom stereocenters. The fraction of sp³-hybridized carbons (Fsp3) is 0.450. The molecule has 12 nitrogen and oxygen atoms in total. The van der Waals surface area contributed by atoms with Crippen LogP contribution in [0.25, 0.3) is 10.9 Å². The zero-order chi connectivity index (χ0) is 36.5. The molecule has 1 spiro atoms. The summed E-state index contributed by atoms with van der Waals surface area (Å²) in [5, 5.41) is 16.4. The summed E-state index contributed by atoms with van der Waals surface area (Å²) in [5.74, 6) is 1.79. The summed E-state index contributed by atoms with van der Waals surface area (Å²) in [4.78, 5) is 36.2. The molecule has 4 bridgehead atoms. The molecular formula is C40H42N4O8S. The van der Waals surface area contributed by atoms with Gasteiger partial charge in [0.05, 0.1) is 30.1 Å². The number of carbonyl (C=O) groups is 2. The second-order valence-electron chi connectivity index (χ2n) is 15.2. The van der Waals surface area contributed by atoms with Gasteiger partial charge in [0.2, 0.25) is 6.79 Å². The lowest BCUT2D eigenvalue weighted by atomic mass is 9.78. The number of phenols is 1. The summed E-state index contributed by atoms with van der Waals surface area (Å²) >= 11 is 1.66. The van der Waals surface area contributed by atoms with Crippen molar-refractivity contribution in [3.8, 4) is 28.7 Å². The molecule has 4 aromatic rings. The van der Waals surface area contributed by atoms with Crippen LogP contribution in [0.15, 0.2) is 30.3 Å². The number of methoxy groups -OCH3 is 1. The first-order valence-corrected chi connectivity index (χ1v) is 19.3. The highest BCUT2D eigenvalue weighted by Gasteiger charge is 2.60. The molecular weight excluding hydrogens is 697 g/mol. The molecule has 2 saturated heterocycles. The average molecular weight is 739 g/mol. The number of rotatable bonds is 2. The number of aromatic hydroxyl groups is 1. The second kappa shape index (κ2) is 11.8. The lowest BCUT2D eigenvalue weighted by molar-refractivity contribution is -0.156. The van der Waals surface area contributed by atoms with Gasteiger partial charge in [-0.1, -0.05) is 24.3 Å². The Labute approximate surface area is 311 Å². The van der Waals surface area contributed by atoms with Gasteiger partial charge in [-0.15, -0.1) is 11.8 Å². The molecule has 1 aromatic heterocycles. The molecule has 0 amide bonds. The van der Waals surface area contributed by atoms with Crippen molar-refractivity contribution in [2.24, 2.45) is 0 Å². The Morgan fingerprint density at radius 1 is 1.09 bits per heavy atom. The van der Waals surface area contributed by atoms with Crippen LogP contribution in [0, 0.1) is 13.8 Å². The van der Waals surface area contributed by atoms with Crippen LogP contribution in [0.3, 0.4) is 0 Å². The third-order valence-corrected chi connectivity index (χ3v) is 13.9. The number of carbonyl (C=O) groups excluding carboxylic acids is 2. The maximum atomic E-state index is 14.8. The van der Waals surface area contributed by atoms with E-state index in [0.29, 0.717) is 47.3 Å². The molecule has 0 aliphatic carbocycles. The van der Waals surface area contributed by atoms with E-state index < -0.39 is 17.6 Å². The highest BCUT2D eigenvalue weighted by molar-refractivity contribution is 7.99.